The lowest BCUT2D eigenvalue weighted by Crippen LogP contribution is -2.49. The zero-order valence-corrected chi connectivity index (χ0v) is 17.3. The summed E-state index contributed by atoms with van der Waals surface area (Å²) in [7, 11) is 1.68. The maximum atomic E-state index is 12.8. The summed E-state index contributed by atoms with van der Waals surface area (Å²) in [5.41, 5.74) is 4.14. The van der Waals surface area contributed by atoms with Gasteiger partial charge in [-0.1, -0.05) is 36.4 Å². The molecule has 0 saturated heterocycles. The Morgan fingerprint density at radius 1 is 1.17 bits per heavy atom. The van der Waals surface area contributed by atoms with E-state index in [1.807, 2.05) is 56.3 Å². The van der Waals surface area contributed by atoms with E-state index in [1.54, 1.807) is 23.9 Å². The molecule has 1 aromatic heterocycles. The van der Waals surface area contributed by atoms with E-state index in [4.69, 9.17) is 4.74 Å². The van der Waals surface area contributed by atoms with Crippen molar-refractivity contribution in [1.29, 1.82) is 0 Å². The normalized spacial score (nSPS) is 15.9. The number of nitrogens with one attached hydrogen (secondary N) is 1. The molecule has 0 fully saturated rings. The van der Waals surface area contributed by atoms with Crippen molar-refractivity contribution in [2.75, 3.05) is 18.6 Å². The zero-order chi connectivity index (χ0) is 21.3. The maximum Gasteiger partial charge on any atom is 0.272 e. The molecule has 1 aliphatic heterocycles. The molecular weight excluding hydrogens is 380 g/mol. The minimum atomic E-state index is -0.795. The number of carbonyl (C=O) groups excluding carboxylic acids is 2. The molecule has 3 aromatic rings. The summed E-state index contributed by atoms with van der Waals surface area (Å²) in [4.78, 5) is 27.2. The smallest absolute Gasteiger partial charge is 0.272 e. The largest absolute Gasteiger partial charge is 0.489 e. The quantitative estimate of drug-likeness (QED) is 0.725. The third kappa shape index (κ3) is 3.78. The summed E-state index contributed by atoms with van der Waals surface area (Å²) in [5, 5.41) is 7.23. The van der Waals surface area contributed by atoms with Crippen LogP contribution in [0.3, 0.4) is 0 Å². The molecule has 7 heteroatoms. The predicted octanol–water partition coefficient (Wildman–Crippen LogP) is 2.70. The highest BCUT2D eigenvalue weighted by atomic mass is 16.5. The number of ether oxygens (including phenoxy) is 1. The highest BCUT2D eigenvalue weighted by molar-refractivity contribution is 6.02. The number of benzene rings is 2. The van der Waals surface area contributed by atoms with Gasteiger partial charge in [0.25, 0.3) is 11.8 Å². The van der Waals surface area contributed by atoms with Gasteiger partial charge in [-0.3, -0.25) is 14.3 Å². The van der Waals surface area contributed by atoms with E-state index >= 15 is 0 Å². The van der Waals surface area contributed by atoms with Gasteiger partial charge in [0.2, 0.25) is 0 Å². The van der Waals surface area contributed by atoms with E-state index in [0.29, 0.717) is 18.0 Å². The lowest BCUT2D eigenvalue weighted by molar-refractivity contribution is -0.120. The number of nitrogens with zero attached hydrogens (tertiary/aromatic N) is 3. The third-order valence-electron chi connectivity index (χ3n) is 5.36. The molecule has 1 N–H and O–H groups in total. The van der Waals surface area contributed by atoms with Crippen molar-refractivity contribution in [2.45, 2.75) is 26.4 Å². The summed E-state index contributed by atoms with van der Waals surface area (Å²) < 4.78 is 7.55. The van der Waals surface area contributed by atoms with Crippen molar-refractivity contribution in [3.8, 4) is 5.75 Å². The summed E-state index contributed by atoms with van der Waals surface area (Å²) >= 11 is 0. The average Bonchev–Trinajstić information content (AvgIpc) is 3.07. The van der Waals surface area contributed by atoms with Crippen LogP contribution in [0.2, 0.25) is 0 Å². The average molecular weight is 404 g/mol. The van der Waals surface area contributed by atoms with Crippen LogP contribution in [0.1, 0.15) is 27.3 Å². The van der Waals surface area contributed by atoms with Gasteiger partial charge in [-0.2, -0.15) is 5.10 Å². The number of rotatable bonds is 4. The molecule has 2 aromatic carbocycles. The fourth-order valence-electron chi connectivity index (χ4n) is 3.52. The molecule has 30 heavy (non-hydrogen) atoms. The fraction of sp³-hybridized carbons (Fsp3) is 0.261. The van der Waals surface area contributed by atoms with Crippen LogP contribution >= 0.6 is 0 Å². The van der Waals surface area contributed by atoms with E-state index in [2.05, 4.69) is 10.4 Å². The van der Waals surface area contributed by atoms with E-state index in [0.717, 1.165) is 11.3 Å². The molecule has 0 spiro atoms. The molecule has 1 unspecified atom stereocenters. The van der Waals surface area contributed by atoms with Crippen LogP contribution in [0.25, 0.3) is 0 Å². The molecule has 1 atom stereocenters. The van der Waals surface area contributed by atoms with Gasteiger partial charge >= 0.3 is 0 Å². The van der Waals surface area contributed by atoms with Crippen molar-refractivity contribution < 1.29 is 14.3 Å². The lowest BCUT2D eigenvalue weighted by atomic mass is 10.1. The predicted molar refractivity (Wildman–Crippen MR) is 114 cm³/mol. The summed E-state index contributed by atoms with van der Waals surface area (Å²) in [6, 6.07) is 16.3. The van der Waals surface area contributed by atoms with E-state index in [-0.39, 0.29) is 18.2 Å². The SMILES string of the molecule is Cc1ccccc1Cn1nc(C(=O)NC2COc3ccccc3N(C)C2=O)cc1C. The number of carbonyl (C=O) groups is 2. The van der Waals surface area contributed by atoms with Gasteiger partial charge in [0.05, 0.1) is 12.2 Å². The molecule has 0 radical (unpaired) electrons. The van der Waals surface area contributed by atoms with E-state index < -0.39 is 11.9 Å². The number of hydrogen-bond acceptors (Lipinski definition) is 4. The second-order valence-corrected chi connectivity index (χ2v) is 7.46. The number of likely N-dealkylation sites (N-methyl/N-ethyl adjacent to an activating group) is 1. The van der Waals surface area contributed by atoms with Crippen LogP contribution in [0.15, 0.2) is 54.6 Å². The molecule has 0 bridgehead atoms. The molecule has 1 aliphatic rings. The first-order valence-electron chi connectivity index (χ1n) is 9.83. The molecule has 4 rings (SSSR count). The Kier molecular flexibility index (Phi) is 5.27. The number of aryl methyl sites for hydroxylation is 2. The highest BCUT2D eigenvalue weighted by Crippen LogP contribution is 2.29. The van der Waals surface area contributed by atoms with Crippen molar-refractivity contribution in [3.05, 3.63) is 77.1 Å². The van der Waals surface area contributed by atoms with Gasteiger partial charge in [-0.25, -0.2) is 0 Å². The van der Waals surface area contributed by atoms with Gasteiger partial charge < -0.3 is 15.0 Å². The van der Waals surface area contributed by atoms with Gasteiger partial charge in [0.15, 0.2) is 0 Å². The standard InChI is InChI=1S/C23H24N4O3/c1-15-8-4-5-9-17(15)13-27-16(2)12-18(25-27)22(28)24-19-14-30-21-11-7-6-10-20(21)26(3)23(19)29/h4-12,19H,13-14H2,1-3H3,(H,24,28). The highest BCUT2D eigenvalue weighted by Gasteiger charge is 2.31. The first-order chi connectivity index (χ1) is 14.4. The first-order valence-corrected chi connectivity index (χ1v) is 9.83. The van der Waals surface area contributed by atoms with Crippen molar-refractivity contribution in [2.24, 2.45) is 0 Å². The number of para-hydroxylation sites is 2. The Morgan fingerprint density at radius 3 is 2.70 bits per heavy atom. The Bertz CT molecular complexity index is 1110. The molecular formula is C23H24N4O3. The fourth-order valence-corrected chi connectivity index (χ4v) is 3.52. The second kappa shape index (κ2) is 8.02. The van der Waals surface area contributed by atoms with E-state index in [1.165, 1.54) is 10.5 Å². The number of anilines is 1. The molecule has 0 aliphatic carbocycles. The lowest BCUT2D eigenvalue weighted by Gasteiger charge is -2.20. The van der Waals surface area contributed by atoms with Crippen molar-refractivity contribution >= 4 is 17.5 Å². The Labute approximate surface area is 175 Å². The van der Waals surface area contributed by atoms with Gasteiger partial charge in [0.1, 0.15) is 24.1 Å². The number of hydrogen-bond donors (Lipinski definition) is 1. The molecule has 154 valence electrons. The Hall–Kier alpha value is -3.61. The molecule has 7 nitrogen and oxygen atoms in total. The second-order valence-electron chi connectivity index (χ2n) is 7.46. The minimum absolute atomic E-state index is 0.0643. The summed E-state index contributed by atoms with van der Waals surface area (Å²) in [5.74, 6) is -0.0178. The number of amides is 2. The van der Waals surface area contributed by atoms with Crippen molar-refractivity contribution in [1.82, 2.24) is 15.1 Å². The topological polar surface area (TPSA) is 76.5 Å². The number of aromatic nitrogens is 2. The van der Waals surface area contributed by atoms with Crippen LogP contribution in [-0.4, -0.2) is 41.3 Å². The van der Waals surface area contributed by atoms with E-state index in [9.17, 15) is 9.59 Å². The van der Waals surface area contributed by atoms with Gasteiger partial charge in [-0.05, 0) is 43.2 Å². The van der Waals surface area contributed by atoms with Crippen LogP contribution in [0.5, 0.6) is 5.75 Å². The summed E-state index contributed by atoms with van der Waals surface area (Å²) in [6.07, 6.45) is 0. The molecule has 0 saturated carbocycles. The third-order valence-corrected chi connectivity index (χ3v) is 5.36. The van der Waals surface area contributed by atoms with Gasteiger partial charge in [-0.15, -0.1) is 0 Å². The van der Waals surface area contributed by atoms with Crippen LogP contribution in [0, 0.1) is 13.8 Å². The molecule has 2 amide bonds. The van der Waals surface area contributed by atoms with Gasteiger partial charge in [0, 0.05) is 12.7 Å². The summed E-state index contributed by atoms with van der Waals surface area (Å²) in [6.45, 7) is 4.60. The Balaban J connectivity index is 1.49. The zero-order valence-electron chi connectivity index (χ0n) is 17.3. The maximum absolute atomic E-state index is 12.8. The number of fused-ring (bicyclic) bond motifs is 1. The van der Waals surface area contributed by atoms with Crippen molar-refractivity contribution in [3.63, 3.8) is 0 Å². The monoisotopic (exact) mass is 404 g/mol. The Morgan fingerprint density at radius 2 is 1.90 bits per heavy atom. The van der Waals surface area contributed by atoms with Crippen LogP contribution < -0.4 is 15.0 Å². The first kappa shape index (κ1) is 19.7. The van der Waals surface area contributed by atoms with Crippen LogP contribution in [0.4, 0.5) is 5.69 Å². The molecule has 2 heterocycles. The van der Waals surface area contributed by atoms with Crippen LogP contribution in [-0.2, 0) is 11.3 Å². The minimum Gasteiger partial charge on any atom is -0.489 e.